The van der Waals surface area contributed by atoms with E-state index in [0.717, 1.165) is 11.5 Å². The molecule has 0 saturated heterocycles. The van der Waals surface area contributed by atoms with E-state index in [-0.39, 0.29) is 11.3 Å². The highest BCUT2D eigenvalue weighted by molar-refractivity contribution is 7.94. The number of hydrogen-bond acceptors (Lipinski definition) is 3. The standard InChI is InChI=1S/C13H14F3NO2S/c1-9(17-10-6-7-20(18,19)8-10)11-4-2-3-5-12(11)13(14,15)16/h2-7,9-10,17H,8H2,1H3. The van der Waals surface area contributed by atoms with Crippen molar-refractivity contribution in [3.8, 4) is 0 Å². The van der Waals surface area contributed by atoms with Gasteiger partial charge in [-0.3, -0.25) is 0 Å². The molecule has 1 aliphatic heterocycles. The first-order valence-corrected chi connectivity index (χ1v) is 7.74. The van der Waals surface area contributed by atoms with Gasteiger partial charge in [-0.05, 0) is 18.6 Å². The van der Waals surface area contributed by atoms with E-state index in [9.17, 15) is 21.6 Å². The lowest BCUT2D eigenvalue weighted by Crippen LogP contribution is -2.33. The van der Waals surface area contributed by atoms with Gasteiger partial charge in [0.1, 0.15) is 0 Å². The second kappa shape index (κ2) is 5.21. The lowest BCUT2D eigenvalue weighted by atomic mass is 10.0. The van der Waals surface area contributed by atoms with Crippen LogP contribution in [0.2, 0.25) is 0 Å². The van der Waals surface area contributed by atoms with E-state index in [0.29, 0.717) is 0 Å². The minimum absolute atomic E-state index is 0.109. The molecule has 0 fully saturated rings. The van der Waals surface area contributed by atoms with Gasteiger partial charge in [-0.25, -0.2) is 8.42 Å². The fourth-order valence-corrected chi connectivity index (χ4v) is 3.47. The molecule has 1 heterocycles. The van der Waals surface area contributed by atoms with Gasteiger partial charge in [-0.1, -0.05) is 24.3 Å². The Morgan fingerprint density at radius 3 is 2.50 bits per heavy atom. The fraction of sp³-hybridized carbons (Fsp3) is 0.385. The molecule has 0 aromatic heterocycles. The minimum atomic E-state index is -4.43. The van der Waals surface area contributed by atoms with Crippen LogP contribution in [-0.2, 0) is 16.0 Å². The molecular formula is C13H14F3NO2S. The quantitative estimate of drug-likeness (QED) is 0.934. The summed E-state index contributed by atoms with van der Waals surface area (Å²) in [5.41, 5.74) is -0.595. The van der Waals surface area contributed by atoms with E-state index >= 15 is 0 Å². The van der Waals surface area contributed by atoms with Gasteiger partial charge in [0, 0.05) is 17.5 Å². The molecule has 1 aromatic rings. The van der Waals surface area contributed by atoms with Gasteiger partial charge in [0.25, 0.3) is 0 Å². The molecule has 0 amide bonds. The summed E-state index contributed by atoms with van der Waals surface area (Å²) in [6.45, 7) is 1.59. The summed E-state index contributed by atoms with van der Waals surface area (Å²) in [5, 5.41) is 3.99. The lowest BCUT2D eigenvalue weighted by Gasteiger charge is -2.21. The van der Waals surface area contributed by atoms with Gasteiger partial charge in [-0.2, -0.15) is 13.2 Å². The first-order valence-electron chi connectivity index (χ1n) is 6.02. The minimum Gasteiger partial charge on any atom is -0.303 e. The van der Waals surface area contributed by atoms with Gasteiger partial charge < -0.3 is 5.32 Å². The molecule has 0 radical (unpaired) electrons. The molecule has 7 heteroatoms. The Bertz CT molecular complexity index is 623. The SMILES string of the molecule is CC(NC1C=CS(=O)(=O)C1)c1ccccc1C(F)(F)F. The van der Waals surface area contributed by atoms with Crippen LogP contribution < -0.4 is 5.32 Å². The van der Waals surface area contributed by atoms with Gasteiger partial charge >= 0.3 is 6.18 Å². The van der Waals surface area contributed by atoms with Crippen molar-refractivity contribution in [3.05, 3.63) is 46.9 Å². The Morgan fingerprint density at radius 1 is 1.30 bits per heavy atom. The summed E-state index contributed by atoms with van der Waals surface area (Å²) < 4.78 is 61.3. The number of hydrogen-bond donors (Lipinski definition) is 1. The van der Waals surface area contributed by atoms with E-state index in [1.807, 2.05) is 0 Å². The number of nitrogens with one attached hydrogen (secondary N) is 1. The molecule has 0 spiro atoms. The number of alkyl halides is 3. The molecule has 1 aliphatic rings. The molecule has 20 heavy (non-hydrogen) atoms. The zero-order chi connectivity index (χ0) is 15.0. The maximum Gasteiger partial charge on any atom is 0.416 e. The summed E-state index contributed by atoms with van der Waals surface area (Å²) in [5.74, 6) is -0.120. The van der Waals surface area contributed by atoms with Crippen molar-refractivity contribution < 1.29 is 21.6 Å². The number of benzene rings is 1. The first-order chi connectivity index (χ1) is 9.19. The summed E-state index contributed by atoms with van der Waals surface area (Å²) in [7, 11) is -3.23. The summed E-state index contributed by atoms with van der Waals surface area (Å²) in [4.78, 5) is 0. The van der Waals surface area contributed by atoms with Gasteiger partial charge in [0.2, 0.25) is 0 Å². The van der Waals surface area contributed by atoms with E-state index in [2.05, 4.69) is 5.32 Å². The van der Waals surface area contributed by atoms with Crippen LogP contribution >= 0.6 is 0 Å². The van der Waals surface area contributed by atoms with Crippen molar-refractivity contribution in [2.24, 2.45) is 0 Å². The second-order valence-corrected chi connectivity index (χ2v) is 6.67. The third kappa shape index (κ3) is 3.40. The maximum atomic E-state index is 12.9. The Labute approximate surface area is 115 Å². The van der Waals surface area contributed by atoms with Crippen molar-refractivity contribution in [1.29, 1.82) is 0 Å². The lowest BCUT2D eigenvalue weighted by molar-refractivity contribution is -0.138. The molecule has 2 rings (SSSR count). The number of halogens is 3. The summed E-state index contributed by atoms with van der Waals surface area (Å²) in [6.07, 6.45) is -2.97. The van der Waals surface area contributed by atoms with E-state index in [1.54, 1.807) is 6.92 Å². The number of sulfone groups is 1. The summed E-state index contributed by atoms with van der Waals surface area (Å²) in [6, 6.07) is 4.22. The Kier molecular flexibility index (Phi) is 3.93. The van der Waals surface area contributed by atoms with Crippen LogP contribution in [-0.4, -0.2) is 20.2 Å². The molecule has 0 saturated carbocycles. The Hall–Kier alpha value is -1.34. The van der Waals surface area contributed by atoms with Crippen molar-refractivity contribution in [2.75, 3.05) is 5.75 Å². The predicted molar refractivity (Wildman–Crippen MR) is 69.7 cm³/mol. The molecule has 110 valence electrons. The highest BCUT2D eigenvalue weighted by Crippen LogP contribution is 2.34. The van der Waals surface area contributed by atoms with E-state index in [1.165, 1.54) is 24.3 Å². The van der Waals surface area contributed by atoms with Crippen LogP contribution in [0.3, 0.4) is 0 Å². The largest absolute Gasteiger partial charge is 0.416 e. The zero-order valence-corrected chi connectivity index (χ0v) is 11.5. The molecule has 1 N–H and O–H groups in total. The van der Waals surface area contributed by atoms with Crippen LogP contribution in [0.5, 0.6) is 0 Å². The van der Waals surface area contributed by atoms with Crippen LogP contribution in [0.1, 0.15) is 24.1 Å². The van der Waals surface area contributed by atoms with Crippen molar-refractivity contribution in [1.82, 2.24) is 5.32 Å². The normalized spacial score (nSPS) is 22.9. The molecule has 3 nitrogen and oxygen atoms in total. The van der Waals surface area contributed by atoms with Crippen molar-refractivity contribution in [2.45, 2.75) is 25.2 Å². The van der Waals surface area contributed by atoms with Gasteiger partial charge in [0.15, 0.2) is 9.84 Å². The van der Waals surface area contributed by atoms with Crippen LogP contribution in [0, 0.1) is 0 Å². The van der Waals surface area contributed by atoms with E-state index in [4.69, 9.17) is 0 Å². The van der Waals surface area contributed by atoms with Crippen molar-refractivity contribution >= 4 is 9.84 Å². The van der Waals surface area contributed by atoms with Crippen molar-refractivity contribution in [3.63, 3.8) is 0 Å². The second-order valence-electron chi connectivity index (χ2n) is 4.74. The molecule has 1 aromatic carbocycles. The van der Waals surface area contributed by atoms with Gasteiger partial charge in [0.05, 0.1) is 11.3 Å². The molecule has 0 bridgehead atoms. The third-order valence-electron chi connectivity index (χ3n) is 3.13. The van der Waals surface area contributed by atoms with Gasteiger partial charge in [-0.15, -0.1) is 0 Å². The molecular weight excluding hydrogens is 291 g/mol. The molecule has 2 unspecified atom stereocenters. The zero-order valence-electron chi connectivity index (χ0n) is 10.7. The highest BCUT2D eigenvalue weighted by atomic mass is 32.2. The van der Waals surface area contributed by atoms with E-state index < -0.39 is 33.7 Å². The van der Waals surface area contributed by atoms with Crippen LogP contribution in [0.4, 0.5) is 13.2 Å². The fourth-order valence-electron chi connectivity index (χ4n) is 2.22. The highest BCUT2D eigenvalue weighted by Gasteiger charge is 2.34. The summed E-state index contributed by atoms with van der Waals surface area (Å²) >= 11 is 0. The Morgan fingerprint density at radius 2 is 1.95 bits per heavy atom. The smallest absolute Gasteiger partial charge is 0.303 e. The van der Waals surface area contributed by atoms with Crippen LogP contribution in [0.25, 0.3) is 0 Å². The average Bonchev–Trinajstić information content (AvgIpc) is 2.67. The maximum absolute atomic E-state index is 12.9. The monoisotopic (exact) mass is 305 g/mol. The molecule has 2 atom stereocenters. The average molecular weight is 305 g/mol. The Balaban J connectivity index is 2.19. The third-order valence-corrected chi connectivity index (χ3v) is 4.52. The predicted octanol–water partition coefficient (Wildman–Crippen LogP) is 2.67. The first kappa shape index (κ1) is 15.1. The van der Waals surface area contributed by atoms with Crippen LogP contribution in [0.15, 0.2) is 35.7 Å². The molecule has 0 aliphatic carbocycles. The topological polar surface area (TPSA) is 46.2 Å². The number of rotatable bonds is 3.